The molecule has 1 heterocycles. The molecule has 2 aromatic carbocycles. The molecule has 160 valence electrons. The first kappa shape index (κ1) is 21.9. The van der Waals surface area contributed by atoms with E-state index < -0.39 is 0 Å². The minimum absolute atomic E-state index is 0.0903. The SMILES string of the molecule is CCCCCCCCn1c(CCNC(=O)c2cccc(OC)c2)nc2ccccc21. The molecule has 0 bridgehead atoms. The highest BCUT2D eigenvalue weighted by Gasteiger charge is 2.11. The predicted octanol–water partition coefficient (Wildman–Crippen LogP) is 5.38. The number of aryl methyl sites for hydroxylation is 1. The molecule has 0 saturated carbocycles. The molecule has 0 aliphatic rings. The van der Waals surface area contributed by atoms with Crippen LogP contribution in [-0.2, 0) is 13.0 Å². The van der Waals surface area contributed by atoms with Crippen LogP contribution in [0.15, 0.2) is 48.5 Å². The zero-order valence-electron chi connectivity index (χ0n) is 18.2. The van der Waals surface area contributed by atoms with E-state index in [1.54, 1.807) is 19.2 Å². The van der Waals surface area contributed by atoms with Gasteiger partial charge in [-0.05, 0) is 36.8 Å². The Kier molecular flexibility index (Phi) is 8.30. The predicted molar refractivity (Wildman–Crippen MR) is 122 cm³/mol. The van der Waals surface area contributed by atoms with E-state index in [9.17, 15) is 4.79 Å². The average Bonchev–Trinajstić information content (AvgIpc) is 3.13. The molecule has 1 N–H and O–H groups in total. The molecule has 0 radical (unpaired) electrons. The molecule has 0 fully saturated rings. The summed E-state index contributed by atoms with van der Waals surface area (Å²) in [5.41, 5.74) is 2.81. The van der Waals surface area contributed by atoms with Crippen molar-refractivity contribution in [1.82, 2.24) is 14.9 Å². The molecule has 5 nitrogen and oxygen atoms in total. The Hall–Kier alpha value is -2.82. The van der Waals surface area contributed by atoms with Gasteiger partial charge in [0.2, 0.25) is 0 Å². The van der Waals surface area contributed by atoms with Crippen molar-refractivity contribution in [2.24, 2.45) is 0 Å². The molecule has 0 saturated heterocycles. The van der Waals surface area contributed by atoms with Crippen LogP contribution >= 0.6 is 0 Å². The van der Waals surface area contributed by atoms with Gasteiger partial charge in [-0.3, -0.25) is 4.79 Å². The van der Waals surface area contributed by atoms with Crippen molar-refractivity contribution in [2.75, 3.05) is 13.7 Å². The highest BCUT2D eigenvalue weighted by molar-refractivity contribution is 5.94. The molecule has 5 heteroatoms. The van der Waals surface area contributed by atoms with E-state index in [0.717, 1.165) is 24.3 Å². The van der Waals surface area contributed by atoms with Gasteiger partial charge in [0.05, 0.1) is 18.1 Å². The van der Waals surface area contributed by atoms with Crippen molar-refractivity contribution in [2.45, 2.75) is 58.4 Å². The van der Waals surface area contributed by atoms with Gasteiger partial charge >= 0.3 is 0 Å². The number of rotatable bonds is 12. The number of aromatic nitrogens is 2. The number of methoxy groups -OCH3 is 1. The van der Waals surface area contributed by atoms with Gasteiger partial charge in [0.15, 0.2) is 0 Å². The fraction of sp³-hybridized carbons (Fsp3) is 0.440. The summed E-state index contributed by atoms with van der Waals surface area (Å²) in [4.78, 5) is 17.3. The highest BCUT2D eigenvalue weighted by atomic mass is 16.5. The minimum atomic E-state index is -0.0903. The van der Waals surface area contributed by atoms with Gasteiger partial charge in [0.25, 0.3) is 5.91 Å². The van der Waals surface area contributed by atoms with E-state index in [4.69, 9.17) is 9.72 Å². The number of amides is 1. The summed E-state index contributed by atoms with van der Waals surface area (Å²) in [6.07, 6.45) is 8.34. The summed E-state index contributed by atoms with van der Waals surface area (Å²) < 4.78 is 7.53. The molecule has 0 aliphatic heterocycles. The second kappa shape index (κ2) is 11.4. The number of ether oxygens (including phenoxy) is 1. The normalized spacial score (nSPS) is 11.0. The van der Waals surface area contributed by atoms with Crippen LogP contribution in [0.4, 0.5) is 0 Å². The summed E-state index contributed by atoms with van der Waals surface area (Å²) in [7, 11) is 1.60. The summed E-state index contributed by atoms with van der Waals surface area (Å²) >= 11 is 0. The van der Waals surface area contributed by atoms with E-state index in [-0.39, 0.29) is 5.91 Å². The lowest BCUT2D eigenvalue weighted by Gasteiger charge is -2.10. The van der Waals surface area contributed by atoms with Crippen LogP contribution in [0.25, 0.3) is 11.0 Å². The topological polar surface area (TPSA) is 56.2 Å². The molecule has 30 heavy (non-hydrogen) atoms. The number of nitrogens with one attached hydrogen (secondary N) is 1. The smallest absolute Gasteiger partial charge is 0.251 e. The van der Waals surface area contributed by atoms with E-state index in [2.05, 4.69) is 35.0 Å². The number of benzene rings is 2. The number of unbranched alkanes of at least 4 members (excludes halogenated alkanes) is 5. The third kappa shape index (κ3) is 5.85. The van der Waals surface area contributed by atoms with Crippen LogP contribution in [0, 0.1) is 0 Å². The lowest BCUT2D eigenvalue weighted by molar-refractivity contribution is 0.0953. The summed E-state index contributed by atoms with van der Waals surface area (Å²) in [6.45, 7) is 3.78. The number of carbonyl (C=O) groups is 1. The second-order valence-corrected chi connectivity index (χ2v) is 7.67. The number of fused-ring (bicyclic) bond motifs is 1. The Morgan fingerprint density at radius 1 is 1.03 bits per heavy atom. The third-order valence-electron chi connectivity index (χ3n) is 5.43. The van der Waals surface area contributed by atoms with Gasteiger partial charge in [-0.2, -0.15) is 0 Å². The van der Waals surface area contributed by atoms with Crippen LogP contribution in [0.3, 0.4) is 0 Å². The first-order valence-electron chi connectivity index (χ1n) is 11.1. The number of para-hydroxylation sites is 2. The maximum Gasteiger partial charge on any atom is 0.251 e. The van der Waals surface area contributed by atoms with Crippen LogP contribution in [0.2, 0.25) is 0 Å². The number of hydrogen-bond donors (Lipinski definition) is 1. The molecule has 0 atom stereocenters. The van der Waals surface area contributed by atoms with Crippen molar-refractivity contribution in [1.29, 1.82) is 0 Å². The Morgan fingerprint density at radius 2 is 1.83 bits per heavy atom. The number of carbonyl (C=O) groups excluding carboxylic acids is 1. The first-order valence-corrected chi connectivity index (χ1v) is 11.1. The summed E-state index contributed by atoms with van der Waals surface area (Å²) in [5, 5.41) is 3.01. The van der Waals surface area contributed by atoms with E-state index in [1.165, 1.54) is 37.6 Å². The average molecular weight is 408 g/mol. The molecule has 3 rings (SSSR count). The minimum Gasteiger partial charge on any atom is -0.497 e. The standard InChI is InChI=1S/C25H33N3O2/c1-3-4-5-6-7-10-18-28-23-15-9-8-14-22(23)27-24(28)16-17-26-25(29)20-12-11-13-21(19-20)30-2/h8-9,11-15,19H,3-7,10,16-18H2,1-2H3,(H,26,29). The Labute approximate surface area is 179 Å². The van der Waals surface area contributed by atoms with Crippen LogP contribution in [0.1, 0.15) is 61.6 Å². The van der Waals surface area contributed by atoms with Gasteiger partial charge in [-0.25, -0.2) is 4.98 Å². The highest BCUT2D eigenvalue weighted by Crippen LogP contribution is 2.18. The van der Waals surface area contributed by atoms with E-state index >= 15 is 0 Å². The Bertz CT molecular complexity index is 948. The van der Waals surface area contributed by atoms with Gasteiger partial charge < -0.3 is 14.6 Å². The second-order valence-electron chi connectivity index (χ2n) is 7.67. The first-order chi connectivity index (χ1) is 14.7. The molecule has 1 amide bonds. The van der Waals surface area contributed by atoms with Crippen molar-refractivity contribution in [3.63, 3.8) is 0 Å². The Balaban J connectivity index is 1.59. The molecular weight excluding hydrogens is 374 g/mol. The maximum atomic E-state index is 12.5. The van der Waals surface area contributed by atoms with Crippen LogP contribution in [0.5, 0.6) is 5.75 Å². The fourth-order valence-electron chi connectivity index (χ4n) is 3.77. The van der Waals surface area contributed by atoms with Gasteiger partial charge in [-0.15, -0.1) is 0 Å². The summed E-state index contributed by atoms with van der Waals surface area (Å²) in [6, 6.07) is 15.5. The molecule has 0 unspecified atom stereocenters. The lowest BCUT2D eigenvalue weighted by atomic mass is 10.1. The zero-order valence-corrected chi connectivity index (χ0v) is 18.2. The zero-order chi connectivity index (χ0) is 21.2. The third-order valence-corrected chi connectivity index (χ3v) is 5.43. The van der Waals surface area contributed by atoms with Gasteiger partial charge in [0, 0.05) is 25.1 Å². The quantitative estimate of drug-likeness (QED) is 0.410. The van der Waals surface area contributed by atoms with Gasteiger partial charge in [-0.1, -0.05) is 57.2 Å². The largest absolute Gasteiger partial charge is 0.497 e. The van der Waals surface area contributed by atoms with E-state index in [1.807, 2.05) is 18.2 Å². The fourth-order valence-corrected chi connectivity index (χ4v) is 3.77. The van der Waals surface area contributed by atoms with Gasteiger partial charge in [0.1, 0.15) is 11.6 Å². The van der Waals surface area contributed by atoms with Crippen molar-refractivity contribution < 1.29 is 9.53 Å². The van der Waals surface area contributed by atoms with E-state index in [0.29, 0.717) is 24.3 Å². The monoisotopic (exact) mass is 407 g/mol. The maximum absolute atomic E-state index is 12.5. The molecule has 0 spiro atoms. The van der Waals surface area contributed by atoms with Crippen molar-refractivity contribution in [3.05, 3.63) is 59.9 Å². The number of hydrogen-bond acceptors (Lipinski definition) is 3. The molecule has 1 aromatic heterocycles. The lowest BCUT2D eigenvalue weighted by Crippen LogP contribution is -2.26. The number of imidazole rings is 1. The Morgan fingerprint density at radius 3 is 2.67 bits per heavy atom. The molecular formula is C25H33N3O2. The molecule has 3 aromatic rings. The van der Waals surface area contributed by atoms with Crippen molar-refractivity contribution >= 4 is 16.9 Å². The van der Waals surface area contributed by atoms with Crippen LogP contribution < -0.4 is 10.1 Å². The molecule has 0 aliphatic carbocycles. The number of nitrogens with zero attached hydrogens (tertiary/aromatic N) is 2. The van der Waals surface area contributed by atoms with Crippen molar-refractivity contribution in [3.8, 4) is 5.75 Å². The summed E-state index contributed by atoms with van der Waals surface area (Å²) in [5.74, 6) is 1.63. The van der Waals surface area contributed by atoms with Crippen LogP contribution in [-0.4, -0.2) is 29.1 Å².